The van der Waals surface area contributed by atoms with E-state index < -0.39 is 0 Å². The summed E-state index contributed by atoms with van der Waals surface area (Å²) in [7, 11) is 0. The summed E-state index contributed by atoms with van der Waals surface area (Å²) in [5.41, 5.74) is 2.74. The van der Waals surface area contributed by atoms with E-state index >= 15 is 0 Å². The Kier molecular flexibility index (Phi) is 4.91. The molecule has 0 unspecified atom stereocenters. The standard InChI is InChI=1S/C20H16FN3O/c1-15-19(14-23-24(15)18-11-9-17(21)10-12-18)20(25)22-13-5-8-16-6-3-2-4-7-16/h2-4,6-7,9-12,14H,13H2,1H3,(H,22,25). The summed E-state index contributed by atoms with van der Waals surface area (Å²) in [4.78, 5) is 12.3. The highest BCUT2D eigenvalue weighted by molar-refractivity contribution is 5.95. The van der Waals surface area contributed by atoms with Gasteiger partial charge in [0.2, 0.25) is 0 Å². The van der Waals surface area contributed by atoms with Crippen molar-refractivity contribution in [1.29, 1.82) is 0 Å². The van der Waals surface area contributed by atoms with E-state index in [4.69, 9.17) is 0 Å². The first-order chi connectivity index (χ1) is 12.1. The van der Waals surface area contributed by atoms with Crippen LogP contribution in [0.5, 0.6) is 0 Å². The maximum atomic E-state index is 13.0. The fourth-order valence-corrected chi connectivity index (χ4v) is 2.36. The Bertz CT molecular complexity index is 935. The first-order valence-electron chi connectivity index (χ1n) is 7.78. The lowest BCUT2D eigenvalue weighted by atomic mass is 10.2. The van der Waals surface area contributed by atoms with Crippen molar-refractivity contribution in [2.45, 2.75) is 6.92 Å². The zero-order valence-electron chi connectivity index (χ0n) is 13.7. The van der Waals surface area contributed by atoms with Gasteiger partial charge in [-0.1, -0.05) is 30.0 Å². The molecule has 0 fully saturated rings. The van der Waals surface area contributed by atoms with Gasteiger partial charge in [0.05, 0.1) is 29.7 Å². The summed E-state index contributed by atoms with van der Waals surface area (Å²) in [6, 6.07) is 15.5. The van der Waals surface area contributed by atoms with Crippen molar-refractivity contribution in [3.05, 3.63) is 83.4 Å². The maximum absolute atomic E-state index is 13.0. The van der Waals surface area contributed by atoms with Crippen LogP contribution in [-0.4, -0.2) is 22.2 Å². The molecule has 0 saturated heterocycles. The third-order valence-corrected chi connectivity index (χ3v) is 3.67. The van der Waals surface area contributed by atoms with Crippen molar-refractivity contribution in [1.82, 2.24) is 15.1 Å². The predicted octanol–water partition coefficient (Wildman–Crippen LogP) is 3.10. The first kappa shape index (κ1) is 16.5. The molecule has 0 radical (unpaired) electrons. The quantitative estimate of drug-likeness (QED) is 0.749. The Hall–Kier alpha value is -3.39. The summed E-state index contributed by atoms with van der Waals surface area (Å²) in [5, 5.41) is 6.97. The fourth-order valence-electron chi connectivity index (χ4n) is 2.36. The van der Waals surface area contributed by atoms with E-state index in [1.807, 2.05) is 30.3 Å². The lowest BCUT2D eigenvalue weighted by Gasteiger charge is -2.05. The molecule has 0 aliphatic heterocycles. The summed E-state index contributed by atoms with van der Waals surface area (Å²) >= 11 is 0. The third-order valence-electron chi connectivity index (χ3n) is 3.67. The number of rotatable bonds is 3. The molecule has 0 atom stereocenters. The van der Waals surface area contributed by atoms with Crippen LogP contribution in [0.3, 0.4) is 0 Å². The van der Waals surface area contributed by atoms with Gasteiger partial charge in [-0.3, -0.25) is 4.79 Å². The molecule has 2 aromatic carbocycles. The highest BCUT2D eigenvalue weighted by Gasteiger charge is 2.14. The van der Waals surface area contributed by atoms with Gasteiger partial charge in [0.1, 0.15) is 5.82 Å². The van der Waals surface area contributed by atoms with Crippen LogP contribution < -0.4 is 5.32 Å². The second kappa shape index (κ2) is 7.45. The Balaban J connectivity index is 1.67. The number of hydrogen-bond acceptors (Lipinski definition) is 2. The first-order valence-corrected chi connectivity index (χ1v) is 7.78. The van der Waals surface area contributed by atoms with Crippen LogP contribution >= 0.6 is 0 Å². The minimum atomic E-state index is -0.316. The minimum absolute atomic E-state index is 0.242. The predicted molar refractivity (Wildman–Crippen MR) is 93.9 cm³/mol. The second-order valence-corrected chi connectivity index (χ2v) is 5.38. The maximum Gasteiger partial charge on any atom is 0.255 e. The van der Waals surface area contributed by atoms with E-state index in [1.165, 1.54) is 18.3 Å². The molecule has 0 saturated carbocycles. The number of benzene rings is 2. The van der Waals surface area contributed by atoms with E-state index in [1.54, 1.807) is 23.7 Å². The molecule has 0 aliphatic carbocycles. The van der Waals surface area contributed by atoms with Gasteiger partial charge >= 0.3 is 0 Å². The molecule has 0 bridgehead atoms. The molecular weight excluding hydrogens is 317 g/mol. The monoisotopic (exact) mass is 333 g/mol. The molecule has 1 heterocycles. The van der Waals surface area contributed by atoms with E-state index in [9.17, 15) is 9.18 Å². The molecule has 25 heavy (non-hydrogen) atoms. The molecule has 1 N–H and O–H groups in total. The lowest BCUT2D eigenvalue weighted by Crippen LogP contribution is -2.24. The lowest BCUT2D eigenvalue weighted by molar-refractivity contribution is 0.0958. The van der Waals surface area contributed by atoms with Gasteiger partial charge in [0.15, 0.2) is 0 Å². The molecule has 4 nitrogen and oxygen atoms in total. The van der Waals surface area contributed by atoms with Gasteiger partial charge in [-0.05, 0) is 43.3 Å². The van der Waals surface area contributed by atoms with Crippen LogP contribution in [-0.2, 0) is 0 Å². The second-order valence-electron chi connectivity index (χ2n) is 5.38. The van der Waals surface area contributed by atoms with E-state index in [2.05, 4.69) is 22.3 Å². The van der Waals surface area contributed by atoms with Crippen molar-refractivity contribution in [2.75, 3.05) is 6.54 Å². The van der Waals surface area contributed by atoms with Gasteiger partial charge < -0.3 is 5.32 Å². The SMILES string of the molecule is Cc1c(C(=O)NCC#Cc2ccccc2)cnn1-c1ccc(F)cc1. The highest BCUT2D eigenvalue weighted by Crippen LogP contribution is 2.14. The number of aromatic nitrogens is 2. The van der Waals surface area contributed by atoms with E-state index in [-0.39, 0.29) is 18.3 Å². The van der Waals surface area contributed by atoms with Crippen molar-refractivity contribution in [3.63, 3.8) is 0 Å². The molecule has 0 aliphatic rings. The Morgan fingerprint density at radius 3 is 2.60 bits per heavy atom. The minimum Gasteiger partial charge on any atom is -0.341 e. The molecular formula is C20H16FN3O. The normalized spacial score (nSPS) is 10.0. The molecule has 3 aromatic rings. The molecule has 124 valence electrons. The fraction of sp³-hybridized carbons (Fsp3) is 0.100. The summed E-state index contributed by atoms with van der Waals surface area (Å²) in [5.74, 6) is 5.34. The van der Waals surface area contributed by atoms with Crippen LogP contribution in [0.25, 0.3) is 5.69 Å². The van der Waals surface area contributed by atoms with Crippen LogP contribution in [0.1, 0.15) is 21.6 Å². The number of nitrogens with one attached hydrogen (secondary N) is 1. The number of carbonyl (C=O) groups excluding carboxylic acids is 1. The summed E-state index contributed by atoms with van der Waals surface area (Å²) in [6.45, 7) is 2.04. The molecule has 0 spiro atoms. The number of carbonyl (C=O) groups is 1. The summed E-state index contributed by atoms with van der Waals surface area (Å²) in [6.07, 6.45) is 1.50. The number of halogens is 1. The van der Waals surface area contributed by atoms with Crippen molar-refractivity contribution in [2.24, 2.45) is 0 Å². The van der Waals surface area contributed by atoms with E-state index in [0.29, 0.717) is 16.9 Å². The van der Waals surface area contributed by atoms with Gasteiger partial charge in [-0.2, -0.15) is 5.10 Å². The zero-order valence-corrected chi connectivity index (χ0v) is 13.7. The Morgan fingerprint density at radius 1 is 1.16 bits per heavy atom. The van der Waals surface area contributed by atoms with Gasteiger partial charge in [-0.15, -0.1) is 0 Å². The van der Waals surface area contributed by atoms with E-state index in [0.717, 1.165) is 5.56 Å². The van der Waals surface area contributed by atoms with Crippen molar-refractivity contribution >= 4 is 5.91 Å². The van der Waals surface area contributed by atoms with Crippen LogP contribution in [0.15, 0.2) is 60.8 Å². The number of amides is 1. The van der Waals surface area contributed by atoms with Gasteiger partial charge in [0, 0.05) is 5.56 Å². The topological polar surface area (TPSA) is 46.9 Å². The average molecular weight is 333 g/mol. The van der Waals surface area contributed by atoms with Crippen molar-refractivity contribution in [3.8, 4) is 17.5 Å². The van der Waals surface area contributed by atoms with Crippen LogP contribution in [0.4, 0.5) is 4.39 Å². The van der Waals surface area contributed by atoms with Crippen molar-refractivity contribution < 1.29 is 9.18 Å². The molecule has 5 heteroatoms. The third kappa shape index (κ3) is 3.93. The number of hydrogen-bond donors (Lipinski definition) is 1. The Labute approximate surface area is 145 Å². The van der Waals surface area contributed by atoms with Crippen LogP contribution in [0.2, 0.25) is 0 Å². The number of nitrogens with zero attached hydrogens (tertiary/aromatic N) is 2. The van der Waals surface area contributed by atoms with Gasteiger partial charge in [0.25, 0.3) is 5.91 Å². The van der Waals surface area contributed by atoms with Crippen LogP contribution in [0, 0.1) is 24.6 Å². The average Bonchev–Trinajstić information content (AvgIpc) is 3.02. The largest absolute Gasteiger partial charge is 0.341 e. The molecule has 3 rings (SSSR count). The smallest absolute Gasteiger partial charge is 0.255 e. The molecule has 1 aromatic heterocycles. The molecule has 1 amide bonds. The Morgan fingerprint density at radius 2 is 1.88 bits per heavy atom. The summed E-state index contributed by atoms with van der Waals surface area (Å²) < 4.78 is 14.6. The van der Waals surface area contributed by atoms with Gasteiger partial charge in [-0.25, -0.2) is 9.07 Å². The highest BCUT2D eigenvalue weighted by atomic mass is 19.1. The zero-order chi connectivity index (χ0) is 17.6.